The highest BCUT2D eigenvalue weighted by atomic mass is 16.4. The molecule has 0 fully saturated rings. The van der Waals surface area contributed by atoms with Crippen LogP contribution in [0.25, 0.3) is 0 Å². The molecule has 0 saturated heterocycles. The molecule has 0 saturated carbocycles. The van der Waals surface area contributed by atoms with E-state index in [0.717, 1.165) is 17.9 Å². The molecule has 5 nitrogen and oxygen atoms in total. The minimum Gasteiger partial charge on any atom is -0.480 e. The molecule has 1 aromatic rings. The molecule has 0 aliphatic carbocycles. The van der Waals surface area contributed by atoms with Gasteiger partial charge in [-0.05, 0) is 33.3 Å². The van der Waals surface area contributed by atoms with Crippen molar-refractivity contribution in [3.63, 3.8) is 0 Å². The third kappa shape index (κ3) is 5.42. The molecule has 1 aromatic heterocycles. The maximum Gasteiger partial charge on any atom is 0.317 e. The summed E-state index contributed by atoms with van der Waals surface area (Å²) in [6, 6.07) is 5.84. The topological polar surface area (TPSA) is 56.7 Å². The predicted molar refractivity (Wildman–Crippen MR) is 65.6 cm³/mol. The summed E-state index contributed by atoms with van der Waals surface area (Å²) >= 11 is 0. The minimum atomic E-state index is -0.822. The Hall–Kier alpha value is -1.46. The Morgan fingerprint density at radius 1 is 1.24 bits per heavy atom. The Labute approximate surface area is 102 Å². The van der Waals surface area contributed by atoms with E-state index in [-0.39, 0.29) is 6.54 Å². The number of likely N-dealkylation sites (N-methyl/N-ethyl adjacent to an activating group) is 1. The monoisotopic (exact) mass is 237 g/mol. The lowest BCUT2D eigenvalue weighted by molar-refractivity contribution is -0.138. The second-order valence-electron chi connectivity index (χ2n) is 4.42. The zero-order valence-corrected chi connectivity index (χ0v) is 10.6. The number of carboxylic acids is 1. The third-order valence-electron chi connectivity index (χ3n) is 2.18. The molecule has 17 heavy (non-hydrogen) atoms. The first-order valence-electron chi connectivity index (χ1n) is 5.47. The SMILES string of the molecule is CN(C)Cc1cccc(CN(C)CC(=O)O)n1. The average Bonchev–Trinajstić information content (AvgIpc) is 2.14. The van der Waals surface area contributed by atoms with Crippen molar-refractivity contribution in [2.24, 2.45) is 0 Å². The second-order valence-corrected chi connectivity index (χ2v) is 4.42. The Balaban J connectivity index is 2.62. The first kappa shape index (κ1) is 13.6. The van der Waals surface area contributed by atoms with Crippen molar-refractivity contribution < 1.29 is 9.90 Å². The van der Waals surface area contributed by atoms with Gasteiger partial charge in [-0.3, -0.25) is 14.7 Å². The van der Waals surface area contributed by atoms with E-state index in [4.69, 9.17) is 5.11 Å². The molecule has 0 atom stereocenters. The van der Waals surface area contributed by atoms with Crippen molar-refractivity contribution in [2.75, 3.05) is 27.7 Å². The van der Waals surface area contributed by atoms with Crippen LogP contribution in [0.15, 0.2) is 18.2 Å². The molecule has 0 radical (unpaired) electrons. The van der Waals surface area contributed by atoms with E-state index in [0.29, 0.717) is 6.54 Å². The largest absolute Gasteiger partial charge is 0.480 e. The van der Waals surface area contributed by atoms with Crippen LogP contribution in [0, 0.1) is 0 Å². The Kier molecular flexibility index (Phi) is 5.06. The number of hydrogen-bond donors (Lipinski definition) is 1. The standard InChI is InChI=1S/C12H19N3O2/c1-14(2)7-10-5-4-6-11(13-10)8-15(3)9-12(16)17/h4-6H,7-9H2,1-3H3,(H,16,17). The van der Waals surface area contributed by atoms with Crippen LogP contribution in [0.1, 0.15) is 11.4 Å². The summed E-state index contributed by atoms with van der Waals surface area (Å²) in [7, 11) is 5.75. The lowest BCUT2D eigenvalue weighted by Crippen LogP contribution is -2.25. The van der Waals surface area contributed by atoms with Gasteiger partial charge in [0.1, 0.15) is 0 Å². The van der Waals surface area contributed by atoms with Gasteiger partial charge in [-0.15, -0.1) is 0 Å². The number of carbonyl (C=O) groups is 1. The average molecular weight is 237 g/mol. The molecule has 0 aromatic carbocycles. The van der Waals surface area contributed by atoms with Gasteiger partial charge in [-0.25, -0.2) is 0 Å². The van der Waals surface area contributed by atoms with Gasteiger partial charge in [0.25, 0.3) is 0 Å². The summed E-state index contributed by atoms with van der Waals surface area (Å²) < 4.78 is 0. The molecular formula is C12H19N3O2. The van der Waals surface area contributed by atoms with E-state index in [1.165, 1.54) is 0 Å². The van der Waals surface area contributed by atoms with Crippen LogP contribution in [-0.4, -0.2) is 53.5 Å². The van der Waals surface area contributed by atoms with E-state index in [2.05, 4.69) is 4.98 Å². The smallest absolute Gasteiger partial charge is 0.317 e. The molecule has 1 heterocycles. The molecule has 0 aliphatic heterocycles. The number of aromatic nitrogens is 1. The minimum absolute atomic E-state index is 0.0274. The molecule has 1 rings (SSSR count). The van der Waals surface area contributed by atoms with Gasteiger partial charge in [0.15, 0.2) is 0 Å². The molecule has 0 unspecified atom stereocenters. The van der Waals surface area contributed by atoms with E-state index in [9.17, 15) is 4.79 Å². The summed E-state index contributed by atoms with van der Waals surface area (Å²) in [5.41, 5.74) is 1.89. The summed E-state index contributed by atoms with van der Waals surface area (Å²) in [6.45, 7) is 1.36. The van der Waals surface area contributed by atoms with Crippen LogP contribution >= 0.6 is 0 Å². The lowest BCUT2D eigenvalue weighted by Gasteiger charge is -2.14. The molecule has 0 aliphatic rings. The van der Waals surface area contributed by atoms with E-state index < -0.39 is 5.97 Å². The van der Waals surface area contributed by atoms with Crippen molar-refractivity contribution in [3.8, 4) is 0 Å². The quantitative estimate of drug-likeness (QED) is 0.787. The number of aliphatic carboxylic acids is 1. The number of rotatable bonds is 6. The number of pyridine rings is 1. The Morgan fingerprint density at radius 2 is 1.82 bits per heavy atom. The normalized spacial score (nSPS) is 11.1. The third-order valence-corrected chi connectivity index (χ3v) is 2.18. The molecule has 0 spiro atoms. The molecular weight excluding hydrogens is 218 g/mol. The fraction of sp³-hybridized carbons (Fsp3) is 0.500. The van der Waals surface area contributed by atoms with Gasteiger partial charge in [-0.2, -0.15) is 0 Å². The highest BCUT2D eigenvalue weighted by Gasteiger charge is 2.06. The number of hydrogen-bond acceptors (Lipinski definition) is 4. The summed E-state index contributed by atoms with van der Waals surface area (Å²) in [4.78, 5) is 18.8. The van der Waals surface area contributed by atoms with Gasteiger partial charge >= 0.3 is 5.97 Å². The van der Waals surface area contributed by atoms with E-state index in [1.807, 2.05) is 37.2 Å². The van der Waals surface area contributed by atoms with Crippen LogP contribution in [0.4, 0.5) is 0 Å². The van der Waals surface area contributed by atoms with Crippen LogP contribution in [0.3, 0.4) is 0 Å². The van der Waals surface area contributed by atoms with Crippen molar-refractivity contribution in [2.45, 2.75) is 13.1 Å². The van der Waals surface area contributed by atoms with Crippen LogP contribution < -0.4 is 0 Å². The summed E-state index contributed by atoms with van der Waals surface area (Å²) in [5.74, 6) is -0.822. The maximum atomic E-state index is 10.5. The van der Waals surface area contributed by atoms with Crippen LogP contribution in [-0.2, 0) is 17.9 Å². The van der Waals surface area contributed by atoms with E-state index >= 15 is 0 Å². The molecule has 0 bridgehead atoms. The van der Waals surface area contributed by atoms with Crippen LogP contribution in [0.5, 0.6) is 0 Å². The molecule has 0 amide bonds. The Morgan fingerprint density at radius 3 is 2.35 bits per heavy atom. The predicted octanol–water partition coefficient (Wildman–Crippen LogP) is 0.660. The summed E-state index contributed by atoms with van der Waals surface area (Å²) in [5, 5.41) is 8.67. The molecule has 5 heteroatoms. The molecule has 1 N–H and O–H groups in total. The second kappa shape index (κ2) is 6.32. The lowest BCUT2D eigenvalue weighted by atomic mass is 10.3. The first-order chi connectivity index (χ1) is 7.97. The fourth-order valence-corrected chi connectivity index (χ4v) is 1.59. The van der Waals surface area contributed by atoms with Crippen molar-refractivity contribution in [1.82, 2.24) is 14.8 Å². The van der Waals surface area contributed by atoms with Crippen molar-refractivity contribution >= 4 is 5.97 Å². The number of carboxylic acid groups (broad SMARTS) is 1. The summed E-state index contributed by atoms with van der Waals surface area (Å²) in [6.07, 6.45) is 0. The highest BCUT2D eigenvalue weighted by molar-refractivity contribution is 5.68. The van der Waals surface area contributed by atoms with E-state index in [1.54, 1.807) is 11.9 Å². The van der Waals surface area contributed by atoms with Gasteiger partial charge in [0, 0.05) is 13.1 Å². The maximum absolute atomic E-state index is 10.5. The van der Waals surface area contributed by atoms with Gasteiger partial charge in [0.2, 0.25) is 0 Å². The van der Waals surface area contributed by atoms with Gasteiger partial charge in [-0.1, -0.05) is 6.07 Å². The first-order valence-corrected chi connectivity index (χ1v) is 5.47. The highest BCUT2D eigenvalue weighted by Crippen LogP contribution is 2.04. The fourth-order valence-electron chi connectivity index (χ4n) is 1.59. The van der Waals surface area contributed by atoms with Crippen molar-refractivity contribution in [3.05, 3.63) is 29.6 Å². The molecule has 94 valence electrons. The zero-order valence-electron chi connectivity index (χ0n) is 10.6. The van der Waals surface area contributed by atoms with Crippen molar-refractivity contribution in [1.29, 1.82) is 0 Å². The Bertz CT molecular complexity index is 380. The van der Waals surface area contributed by atoms with Gasteiger partial charge < -0.3 is 10.0 Å². The number of nitrogens with zero attached hydrogens (tertiary/aromatic N) is 3. The van der Waals surface area contributed by atoms with Gasteiger partial charge in [0.05, 0.1) is 17.9 Å². The van der Waals surface area contributed by atoms with Crippen LogP contribution in [0.2, 0.25) is 0 Å². The zero-order chi connectivity index (χ0) is 12.8.